The Morgan fingerprint density at radius 3 is 2.34 bits per heavy atom. The summed E-state index contributed by atoms with van der Waals surface area (Å²) < 4.78 is 35.2. The Labute approximate surface area is 204 Å². The third-order valence-electron chi connectivity index (χ3n) is 6.78. The summed E-state index contributed by atoms with van der Waals surface area (Å²) in [4.78, 5) is 30.9. The Morgan fingerprint density at radius 1 is 1.11 bits per heavy atom. The number of carbonyl (C=O) groups excluding carboxylic acids is 2. The van der Waals surface area contributed by atoms with E-state index in [1.807, 2.05) is 37.3 Å². The summed E-state index contributed by atoms with van der Waals surface area (Å²) in [5, 5.41) is 2.60. The number of nitrogens with one attached hydrogen (secondary N) is 1. The Morgan fingerprint density at radius 2 is 1.77 bits per heavy atom. The molecule has 4 rings (SSSR count). The van der Waals surface area contributed by atoms with E-state index in [0.717, 1.165) is 17.7 Å². The number of carbonyl (C=O) groups is 2. The maximum Gasteiger partial charge on any atom is 0.244 e. The fourth-order valence-corrected chi connectivity index (χ4v) is 4.64. The molecule has 0 aromatic heterocycles. The first-order valence-electron chi connectivity index (χ1n) is 12.1. The lowest BCUT2D eigenvalue weighted by Crippen LogP contribution is -2.51. The van der Waals surface area contributed by atoms with Crippen LogP contribution in [0.1, 0.15) is 24.9 Å². The van der Waals surface area contributed by atoms with Crippen LogP contribution in [-0.2, 0) is 14.3 Å². The first-order chi connectivity index (χ1) is 16.9. The van der Waals surface area contributed by atoms with Crippen molar-refractivity contribution in [1.82, 2.24) is 9.80 Å². The average Bonchev–Trinajstić information content (AvgIpc) is 3.40. The lowest BCUT2D eigenvalue weighted by Gasteiger charge is -2.40. The Balaban J connectivity index is 1.46. The molecule has 0 radical (unpaired) electrons. The summed E-state index contributed by atoms with van der Waals surface area (Å²) in [7, 11) is 1.78. The van der Waals surface area contributed by atoms with Crippen molar-refractivity contribution in [2.75, 3.05) is 63.2 Å². The predicted molar refractivity (Wildman–Crippen MR) is 130 cm³/mol. The molecule has 188 valence electrons. The molecule has 2 amide bonds. The van der Waals surface area contributed by atoms with Crippen LogP contribution in [0.3, 0.4) is 0 Å². The van der Waals surface area contributed by atoms with Gasteiger partial charge in [-0.05, 0) is 31.0 Å². The van der Waals surface area contributed by atoms with E-state index < -0.39 is 17.7 Å². The van der Waals surface area contributed by atoms with Crippen LogP contribution in [0, 0.1) is 17.6 Å². The number of halogens is 2. The highest BCUT2D eigenvalue weighted by Crippen LogP contribution is 2.31. The summed E-state index contributed by atoms with van der Waals surface area (Å²) in [5.41, 5.74) is 0.883. The van der Waals surface area contributed by atoms with E-state index in [9.17, 15) is 18.4 Å². The number of likely N-dealkylation sites (N-methyl/N-ethyl adjacent to an activating group) is 1. The Hall–Kier alpha value is -3.04. The molecule has 0 saturated carbocycles. The van der Waals surface area contributed by atoms with E-state index in [-0.39, 0.29) is 29.1 Å². The van der Waals surface area contributed by atoms with Gasteiger partial charge < -0.3 is 19.9 Å². The zero-order chi connectivity index (χ0) is 24.9. The standard InChI is InChI=1S/C26H32F2N4O3/c1-3-30(2)26(34)23(18-7-5-4-6-8-18)31-10-12-32(13-11-31)24-21(27)15-20(16-22(24)28)29-25(33)19-9-14-35-17-19/h4-8,15-16,19,23H,3,9-14,17H2,1-2H3,(H,29,33)/t19-,23?/m1/s1. The number of hydrogen-bond donors (Lipinski definition) is 1. The lowest BCUT2D eigenvalue weighted by molar-refractivity contribution is -0.136. The molecule has 2 aromatic rings. The normalized spacial score (nSPS) is 19.4. The van der Waals surface area contributed by atoms with Gasteiger partial charge in [0.1, 0.15) is 11.7 Å². The first kappa shape index (κ1) is 25.1. The van der Waals surface area contributed by atoms with Crippen LogP contribution >= 0.6 is 0 Å². The Bertz CT molecular complexity index is 1020. The molecule has 0 aliphatic carbocycles. The molecule has 35 heavy (non-hydrogen) atoms. The second kappa shape index (κ2) is 11.1. The molecule has 2 aliphatic heterocycles. The Kier molecular flexibility index (Phi) is 7.97. The monoisotopic (exact) mass is 486 g/mol. The molecule has 2 saturated heterocycles. The number of benzene rings is 2. The van der Waals surface area contributed by atoms with Gasteiger partial charge in [-0.25, -0.2) is 8.78 Å². The van der Waals surface area contributed by atoms with Crippen molar-refractivity contribution in [3.63, 3.8) is 0 Å². The fraction of sp³-hybridized carbons (Fsp3) is 0.462. The van der Waals surface area contributed by atoms with E-state index in [4.69, 9.17) is 4.74 Å². The smallest absolute Gasteiger partial charge is 0.244 e. The number of anilines is 2. The summed E-state index contributed by atoms with van der Waals surface area (Å²) in [5.74, 6) is -2.05. The van der Waals surface area contributed by atoms with E-state index in [1.165, 1.54) is 0 Å². The van der Waals surface area contributed by atoms with Crippen LogP contribution in [0.2, 0.25) is 0 Å². The topological polar surface area (TPSA) is 65.1 Å². The molecule has 2 aliphatic rings. The van der Waals surface area contributed by atoms with Gasteiger partial charge in [-0.1, -0.05) is 30.3 Å². The fourth-order valence-electron chi connectivity index (χ4n) is 4.64. The summed E-state index contributed by atoms with van der Waals surface area (Å²) in [6.45, 7) is 5.03. The molecule has 1 N–H and O–H groups in total. The third kappa shape index (κ3) is 5.62. The highest BCUT2D eigenvalue weighted by atomic mass is 19.1. The van der Waals surface area contributed by atoms with Gasteiger partial charge in [0.25, 0.3) is 0 Å². The highest BCUT2D eigenvalue weighted by Gasteiger charge is 2.33. The van der Waals surface area contributed by atoms with Gasteiger partial charge in [-0.2, -0.15) is 0 Å². The maximum atomic E-state index is 15.0. The van der Waals surface area contributed by atoms with Crippen LogP contribution in [0.25, 0.3) is 0 Å². The van der Waals surface area contributed by atoms with Gasteiger partial charge in [0.15, 0.2) is 11.6 Å². The molecular weight excluding hydrogens is 454 g/mol. The minimum atomic E-state index is -0.724. The van der Waals surface area contributed by atoms with Crippen molar-refractivity contribution < 1.29 is 23.1 Å². The van der Waals surface area contributed by atoms with Gasteiger partial charge in [0.05, 0.1) is 12.5 Å². The van der Waals surface area contributed by atoms with Gasteiger partial charge in [0.2, 0.25) is 11.8 Å². The van der Waals surface area contributed by atoms with Crippen LogP contribution in [0.15, 0.2) is 42.5 Å². The second-order valence-electron chi connectivity index (χ2n) is 9.03. The van der Waals surface area contributed by atoms with Crippen molar-refractivity contribution >= 4 is 23.2 Å². The van der Waals surface area contributed by atoms with E-state index in [2.05, 4.69) is 10.2 Å². The number of nitrogens with zero attached hydrogens (tertiary/aromatic N) is 3. The van der Waals surface area contributed by atoms with Gasteiger partial charge >= 0.3 is 0 Å². The largest absolute Gasteiger partial charge is 0.381 e. The van der Waals surface area contributed by atoms with Crippen molar-refractivity contribution in [3.05, 3.63) is 59.7 Å². The molecular formula is C26H32F2N4O3. The zero-order valence-electron chi connectivity index (χ0n) is 20.2. The van der Waals surface area contributed by atoms with Crippen LogP contribution in [-0.4, -0.2) is 74.6 Å². The molecule has 2 aromatic carbocycles. The lowest BCUT2D eigenvalue weighted by atomic mass is 10.0. The van der Waals surface area contributed by atoms with Gasteiger partial charge in [-0.15, -0.1) is 0 Å². The number of ether oxygens (including phenoxy) is 1. The van der Waals surface area contributed by atoms with Crippen LogP contribution in [0.4, 0.5) is 20.2 Å². The molecule has 9 heteroatoms. The van der Waals surface area contributed by atoms with E-state index >= 15 is 0 Å². The maximum absolute atomic E-state index is 15.0. The number of rotatable bonds is 7. The third-order valence-corrected chi connectivity index (χ3v) is 6.78. The van der Waals surface area contributed by atoms with Crippen molar-refractivity contribution in [1.29, 1.82) is 0 Å². The highest BCUT2D eigenvalue weighted by molar-refractivity contribution is 5.93. The summed E-state index contributed by atoms with van der Waals surface area (Å²) in [6, 6.07) is 11.5. The average molecular weight is 487 g/mol. The molecule has 2 fully saturated rings. The SMILES string of the molecule is CCN(C)C(=O)C(c1ccccc1)N1CCN(c2c(F)cc(NC(=O)[C@@H]3CCOC3)cc2F)CC1. The molecule has 2 heterocycles. The molecule has 2 atom stereocenters. The molecule has 1 unspecified atom stereocenters. The van der Waals surface area contributed by atoms with E-state index in [1.54, 1.807) is 16.8 Å². The first-order valence-corrected chi connectivity index (χ1v) is 12.1. The quantitative estimate of drug-likeness (QED) is 0.651. The van der Waals surface area contributed by atoms with Gasteiger partial charge in [0, 0.05) is 52.1 Å². The van der Waals surface area contributed by atoms with E-state index in [0.29, 0.717) is 52.4 Å². The second-order valence-corrected chi connectivity index (χ2v) is 9.03. The zero-order valence-corrected chi connectivity index (χ0v) is 20.2. The number of amides is 2. The minimum absolute atomic E-state index is 0.00253. The summed E-state index contributed by atoms with van der Waals surface area (Å²) >= 11 is 0. The number of piperazine rings is 1. The summed E-state index contributed by atoms with van der Waals surface area (Å²) in [6.07, 6.45) is 0.597. The van der Waals surface area contributed by atoms with Crippen molar-refractivity contribution in [3.8, 4) is 0 Å². The minimum Gasteiger partial charge on any atom is -0.381 e. The molecule has 7 nitrogen and oxygen atoms in total. The molecule has 0 spiro atoms. The van der Waals surface area contributed by atoms with Crippen LogP contribution < -0.4 is 10.2 Å². The van der Waals surface area contributed by atoms with Crippen molar-refractivity contribution in [2.45, 2.75) is 19.4 Å². The molecule has 0 bridgehead atoms. The van der Waals surface area contributed by atoms with Crippen LogP contribution in [0.5, 0.6) is 0 Å². The predicted octanol–water partition coefficient (Wildman–Crippen LogP) is 3.28. The van der Waals surface area contributed by atoms with Crippen molar-refractivity contribution in [2.24, 2.45) is 5.92 Å². The van der Waals surface area contributed by atoms with Gasteiger partial charge in [-0.3, -0.25) is 14.5 Å². The number of hydrogen-bond acceptors (Lipinski definition) is 5.